The predicted octanol–water partition coefficient (Wildman–Crippen LogP) is 2.76. The fraction of sp³-hybridized carbons (Fsp3) is 0.440. The number of carboxylic acids is 2. The second kappa shape index (κ2) is 12.8. The number of nitrogens with zero attached hydrogens (tertiary/aromatic N) is 2. The summed E-state index contributed by atoms with van der Waals surface area (Å²) in [5.41, 5.74) is 2.38. The normalized spacial score (nSPS) is 16.7. The highest BCUT2D eigenvalue weighted by Gasteiger charge is 2.36. The van der Waals surface area contributed by atoms with Gasteiger partial charge < -0.3 is 24.2 Å². The Morgan fingerprint density at radius 2 is 1.35 bits per heavy atom. The van der Waals surface area contributed by atoms with Gasteiger partial charge >= 0.3 is 11.9 Å². The van der Waals surface area contributed by atoms with E-state index in [1.807, 2.05) is 30.3 Å². The van der Waals surface area contributed by atoms with E-state index < -0.39 is 11.9 Å². The fourth-order valence-corrected chi connectivity index (χ4v) is 4.58. The molecule has 1 atom stereocenters. The van der Waals surface area contributed by atoms with E-state index in [4.69, 9.17) is 31.3 Å². The zero-order valence-electron chi connectivity index (χ0n) is 19.1. The molecular formula is C25H32ClN2O6+. The van der Waals surface area contributed by atoms with Gasteiger partial charge in [-0.15, -0.1) is 0 Å². The van der Waals surface area contributed by atoms with Crippen molar-refractivity contribution in [3.05, 3.63) is 70.7 Å². The summed E-state index contributed by atoms with van der Waals surface area (Å²) < 4.78 is 11.3. The maximum atomic E-state index is 10.8. The highest BCUT2D eigenvalue weighted by atomic mass is 35.5. The first-order valence-electron chi connectivity index (χ1n) is 11.4. The molecule has 3 rings (SSSR count). The molecule has 8 nitrogen and oxygen atoms in total. The van der Waals surface area contributed by atoms with Crippen LogP contribution in [0.2, 0.25) is 5.02 Å². The largest absolute Gasteiger partial charge is 0.480 e. The number of hydrogen-bond acceptors (Lipinski definition) is 5. The van der Waals surface area contributed by atoms with Crippen molar-refractivity contribution in [3.8, 4) is 0 Å². The van der Waals surface area contributed by atoms with Crippen molar-refractivity contribution in [2.24, 2.45) is 0 Å². The van der Waals surface area contributed by atoms with Gasteiger partial charge in [-0.25, -0.2) is 9.59 Å². The Morgan fingerprint density at radius 3 is 1.85 bits per heavy atom. The van der Waals surface area contributed by atoms with Crippen LogP contribution in [-0.4, -0.2) is 97.2 Å². The molecule has 0 aliphatic carbocycles. The van der Waals surface area contributed by atoms with Gasteiger partial charge in [-0.1, -0.05) is 54.1 Å². The van der Waals surface area contributed by atoms with Gasteiger partial charge in [-0.05, 0) is 23.3 Å². The lowest BCUT2D eigenvalue weighted by Gasteiger charge is -2.47. The summed E-state index contributed by atoms with van der Waals surface area (Å²) >= 11 is 6.13. The average molecular weight is 492 g/mol. The van der Waals surface area contributed by atoms with Crippen LogP contribution in [0.1, 0.15) is 17.2 Å². The van der Waals surface area contributed by atoms with Gasteiger partial charge in [0, 0.05) is 18.1 Å². The third-order valence-electron chi connectivity index (χ3n) is 6.26. The molecule has 2 aromatic carbocycles. The number of hydrogen-bond donors (Lipinski definition) is 2. The van der Waals surface area contributed by atoms with Gasteiger partial charge in [0.25, 0.3) is 0 Å². The summed E-state index contributed by atoms with van der Waals surface area (Å²) in [5.74, 6) is -1.98. The Kier molecular flexibility index (Phi) is 9.86. The van der Waals surface area contributed by atoms with Crippen LogP contribution in [0.4, 0.5) is 0 Å². The van der Waals surface area contributed by atoms with E-state index in [1.54, 1.807) is 0 Å². The number of carboxylic acid groups (broad SMARTS) is 2. The molecule has 0 spiro atoms. The summed E-state index contributed by atoms with van der Waals surface area (Å²) in [4.78, 5) is 24.0. The minimum atomic E-state index is -0.991. The number of quaternary nitrogens is 1. The first kappa shape index (κ1) is 26.1. The van der Waals surface area contributed by atoms with Crippen LogP contribution in [0.15, 0.2) is 54.6 Å². The van der Waals surface area contributed by atoms with Gasteiger partial charge in [-0.3, -0.25) is 4.90 Å². The molecule has 34 heavy (non-hydrogen) atoms. The minimum Gasteiger partial charge on any atom is -0.480 e. The zero-order chi connectivity index (χ0) is 24.4. The standard InChI is InChI=1S/C25H31ClN2O6/c26-22-8-6-21(7-9-22)25(20-4-2-1-3-5-20)27-10-12-28(13-11-27,14-16-33-18-23(29)30)15-17-34-19-24(31)32/h1-9,25H,10-19H2,(H-,29,30,31,32)/p+1/t25-/m0/s1. The number of halogens is 1. The van der Waals surface area contributed by atoms with E-state index in [2.05, 4.69) is 29.2 Å². The van der Waals surface area contributed by atoms with E-state index in [9.17, 15) is 9.59 Å². The third-order valence-corrected chi connectivity index (χ3v) is 6.51. The van der Waals surface area contributed by atoms with Crippen molar-refractivity contribution >= 4 is 23.5 Å². The molecule has 2 aromatic rings. The number of rotatable bonds is 13. The van der Waals surface area contributed by atoms with Gasteiger partial charge in [0.05, 0.1) is 32.3 Å². The predicted molar refractivity (Wildman–Crippen MR) is 128 cm³/mol. The topological polar surface area (TPSA) is 96.3 Å². The summed E-state index contributed by atoms with van der Waals surface area (Å²) in [6, 6.07) is 18.4. The van der Waals surface area contributed by atoms with Crippen LogP contribution in [-0.2, 0) is 19.1 Å². The molecule has 1 aliphatic rings. The number of carbonyl (C=O) groups is 2. The van der Waals surface area contributed by atoms with Crippen LogP contribution in [0.25, 0.3) is 0 Å². The SMILES string of the molecule is O=C(O)COCC[N+]1(CCOCC(=O)O)CCN([C@@H](c2ccccc2)c2ccc(Cl)cc2)CC1. The molecule has 2 N–H and O–H groups in total. The van der Waals surface area contributed by atoms with E-state index in [-0.39, 0.29) is 19.3 Å². The minimum absolute atomic E-state index is 0.0900. The third kappa shape index (κ3) is 7.78. The maximum absolute atomic E-state index is 10.8. The second-order valence-corrected chi connectivity index (χ2v) is 8.97. The van der Waals surface area contributed by atoms with E-state index in [0.717, 1.165) is 26.2 Å². The molecule has 1 aliphatic heterocycles. The summed E-state index contributed by atoms with van der Waals surface area (Å²) in [7, 11) is 0. The Hall–Kier alpha value is -2.49. The molecule has 9 heteroatoms. The number of benzene rings is 2. The zero-order valence-corrected chi connectivity index (χ0v) is 19.9. The van der Waals surface area contributed by atoms with Crippen LogP contribution in [0, 0.1) is 0 Å². The number of aliphatic carboxylic acids is 2. The van der Waals surface area contributed by atoms with Crippen LogP contribution in [0.3, 0.4) is 0 Å². The smallest absolute Gasteiger partial charge is 0.329 e. The molecule has 0 saturated carbocycles. The lowest BCUT2D eigenvalue weighted by Crippen LogP contribution is -2.62. The molecule has 1 heterocycles. The highest BCUT2D eigenvalue weighted by molar-refractivity contribution is 6.30. The monoisotopic (exact) mass is 491 g/mol. The van der Waals surface area contributed by atoms with Crippen LogP contribution >= 0.6 is 11.6 Å². The number of ether oxygens (including phenoxy) is 2. The molecular weight excluding hydrogens is 460 g/mol. The summed E-state index contributed by atoms with van der Waals surface area (Å²) in [6.07, 6.45) is 0. The van der Waals surface area contributed by atoms with E-state index in [0.29, 0.717) is 35.8 Å². The van der Waals surface area contributed by atoms with Gasteiger partial charge in [0.2, 0.25) is 0 Å². The first-order valence-corrected chi connectivity index (χ1v) is 11.7. The Morgan fingerprint density at radius 1 is 0.853 bits per heavy atom. The molecule has 0 radical (unpaired) electrons. The van der Waals surface area contributed by atoms with Crippen molar-refractivity contribution in [3.63, 3.8) is 0 Å². The quantitative estimate of drug-likeness (QED) is 0.328. The Labute approximate surface area is 204 Å². The lowest BCUT2D eigenvalue weighted by atomic mass is 9.96. The number of piperazine rings is 1. The van der Waals surface area contributed by atoms with Crippen molar-refractivity contribution in [2.75, 3.05) is 65.7 Å². The summed E-state index contributed by atoms with van der Waals surface area (Å²) in [6.45, 7) is 4.58. The Balaban J connectivity index is 1.71. The van der Waals surface area contributed by atoms with Gasteiger partial charge in [0.15, 0.2) is 0 Å². The maximum Gasteiger partial charge on any atom is 0.329 e. The van der Waals surface area contributed by atoms with Crippen molar-refractivity contribution in [2.45, 2.75) is 6.04 Å². The molecule has 0 amide bonds. The van der Waals surface area contributed by atoms with Gasteiger partial charge in [-0.2, -0.15) is 0 Å². The molecule has 184 valence electrons. The molecule has 1 fully saturated rings. The second-order valence-electron chi connectivity index (χ2n) is 8.53. The summed E-state index contributed by atoms with van der Waals surface area (Å²) in [5, 5.41) is 18.4. The molecule has 0 aromatic heterocycles. The van der Waals surface area contributed by atoms with Crippen LogP contribution < -0.4 is 0 Å². The molecule has 1 saturated heterocycles. The van der Waals surface area contributed by atoms with E-state index in [1.165, 1.54) is 11.1 Å². The van der Waals surface area contributed by atoms with Crippen molar-refractivity contribution < 1.29 is 33.8 Å². The molecule has 0 unspecified atom stereocenters. The first-order chi connectivity index (χ1) is 16.4. The lowest BCUT2D eigenvalue weighted by molar-refractivity contribution is -0.932. The fourth-order valence-electron chi connectivity index (χ4n) is 4.45. The highest BCUT2D eigenvalue weighted by Crippen LogP contribution is 2.31. The van der Waals surface area contributed by atoms with E-state index >= 15 is 0 Å². The van der Waals surface area contributed by atoms with Crippen molar-refractivity contribution in [1.29, 1.82) is 0 Å². The average Bonchev–Trinajstić information content (AvgIpc) is 2.83. The Bertz CT molecular complexity index is 893. The van der Waals surface area contributed by atoms with Crippen molar-refractivity contribution in [1.82, 2.24) is 4.90 Å². The molecule has 0 bridgehead atoms. The van der Waals surface area contributed by atoms with Crippen LogP contribution in [0.5, 0.6) is 0 Å². The van der Waals surface area contributed by atoms with Gasteiger partial charge in [0.1, 0.15) is 26.3 Å².